The van der Waals surface area contributed by atoms with Crippen LogP contribution >= 0.6 is 0 Å². The van der Waals surface area contributed by atoms with E-state index in [1.165, 1.54) is 11.1 Å². The van der Waals surface area contributed by atoms with Crippen LogP contribution in [0.1, 0.15) is 32.4 Å². The zero-order valence-electron chi connectivity index (χ0n) is 11.0. The van der Waals surface area contributed by atoms with Gasteiger partial charge in [-0.25, -0.2) is 0 Å². The first-order valence-electron chi connectivity index (χ1n) is 6.68. The minimum atomic E-state index is 0.279. The van der Waals surface area contributed by atoms with Crippen molar-refractivity contribution in [2.24, 2.45) is 11.8 Å². The van der Waals surface area contributed by atoms with E-state index in [0.717, 1.165) is 25.1 Å². The van der Waals surface area contributed by atoms with Gasteiger partial charge in [-0.1, -0.05) is 12.5 Å². The minimum absolute atomic E-state index is 0.279. The van der Waals surface area contributed by atoms with E-state index >= 15 is 0 Å². The normalized spacial score (nSPS) is 27.6. The molecule has 3 rings (SSSR count). The van der Waals surface area contributed by atoms with Gasteiger partial charge in [-0.2, -0.15) is 0 Å². The van der Waals surface area contributed by atoms with Crippen LogP contribution in [0.2, 0.25) is 0 Å². The van der Waals surface area contributed by atoms with E-state index in [2.05, 4.69) is 13.8 Å². The molecule has 0 N–H and O–H groups in total. The molecule has 1 aliphatic heterocycles. The number of hydrogen-bond acceptors (Lipinski definition) is 2. The molecule has 1 amide bonds. The lowest BCUT2D eigenvalue weighted by molar-refractivity contribution is -0.132. The Labute approximate surface area is 107 Å². The van der Waals surface area contributed by atoms with Crippen LogP contribution in [-0.4, -0.2) is 23.9 Å². The van der Waals surface area contributed by atoms with Crippen molar-refractivity contribution in [3.8, 4) is 0 Å². The molecule has 1 saturated carbocycles. The van der Waals surface area contributed by atoms with E-state index in [0.29, 0.717) is 18.4 Å². The average Bonchev–Trinajstić information content (AvgIpc) is 2.89. The van der Waals surface area contributed by atoms with Crippen molar-refractivity contribution in [2.45, 2.75) is 26.7 Å². The van der Waals surface area contributed by atoms with Crippen molar-refractivity contribution in [3.63, 3.8) is 0 Å². The second-order valence-electron chi connectivity index (χ2n) is 5.57. The molecule has 1 aliphatic carbocycles. The molecule has 1 aromatic heterocycles. The van der Waals surface area contributed by atoms with E-state index in [9.17, 15) is 4.79 Å². The summed E-state index contributed by atoms with van der Waals surface area (Å²) in [6.45, 7) is 5.86. The van der Waals surface area contributed by atoms with E-state index in [4.69, 9.17) is 4.42 Å². The summed E-state index contributed by atoms with van der Waals surface area (Å²) in [6.07, 6.45) is 3.72. The van der Waals surface area contributed by atoms with Gasteiger partial charge in [0.15, 0.2) is 0 Å². The van der Waals surface area contributed by atoms with Gasteiger partial charge >= 0.3 is 0 Å². The van der Waals surface area contributed by atoms with Crippen molar-refractivity contribution in [2.75, 3.05) is 13.1 Å². The van der Waals surface area contributed by atoms with Gasteiger partial charge in [0.1, 0.15) is 5.76 Å². The number of hydrogen-bond donors (Lipinski definition) is 0. The van der Waals surface area contributed by atoms with Gasteiger partial charge in [-0.15, -0.1) is 0 Å². The van der Waals surface area contributed by atoms with E-state index in [1.807, 2.05) is 17.0 Å². The predicted molar refractivity (Wildman–Crippen MR) is 69.8 cm³/mol. The summed E-state index contributed by atoms with van der Waals surface area (Å²) in [4.78, 5) is 14.3. The topological polar surface area (TPSA) is 33.5 Å². The zero-order chi connectivity index (χ0) is 12.7. The zero-order valence-corrected chi connectivity index (χ0v) is 11.0. The maximum atomic E-state index is 12.3. The molecule has 1 aromatic rings. The van der Waals surface area contributed by atoms with Crippen LogP contribution in [0, 0.1) is 11.8 Å². The lowest BCUT2D eigenvalue weighted by Gasteiger charge is -2.29. The van der Waals surface area contributed by atoms with E-state index in [-0.39, 0.29) is 5.92 Å². The number of nitrogens with zero attached hydrogens (tertiary/aromatic N) is 1. The van der Waals surface area contributed by atoms with Gasteiger partial charge in [0.05, 0.1) is 6.26 Å². The Bertz CT molecular complexity index is 487. The van der Waals surface area contributed by atoms with Gasteiger partial charge < -0.3 is 9.32 Å². The minimum Gasteiger partial charge on any atom is -0.465 e. The molecule has 0 spiro atoms. The van der Waals surface area contributed by atoms with Crippen LogP contribution in [0.25, 0.3) is 5.57 Å². The highest BCUT2D eigenvalue weighted by Crippen LogP contribution is 2.40. The monoisotopic (exact) mass is 245 g/mol. The second kappa shape index (κ2) is 4.30. The van der Waals surface area contributed by atoms with Crippen molar-refractivity contribution in [1.82, 2.24) is 4.90 Å². The standard InChI is InChI=1S/C15H19NO2/c1-10-5-6-16(15(17)12-8-11(12)2)9-13(10)14-4-3-7-18-14/h3-4,7,11-12H,5-6,8-9H2,1-2H3/t11-,12-/m0/s1. The highest BCUT2D eigenvalue weighted by Gasteiger charge is 2.42. The fourth-order valence-electron chi connectivity index (χ4n) is 2.69. The van der Waals surface area contributed by atoms with E-state index < -0.39 is 0 Å². The summed E-state index contributed by atoms with van der Waals surface area (Å²) >= 11 is 0. The summed E-state index contributed by atoms with van der Waals surface area (Å²) in [6, 6.07) is 3.88. The van der Waals surface area contributed by atoms with Crippen molar-refractivity contribution >= 4 is 11.5 Å². The maximum Gasteiger partial charge on any atom is 0.226 e. The summed E-state index contributed by atoms with van der Waals surface area (Å²) in [5.41, 5.74) is 2.53. The van der Waals surface area contributed by atoms with Gasteiger partial charge in [0, 0.05) is 24.6 Å². The Morgan fingerprint density at radius 2 is 2.28 bits per heavy atom. The second-order valence-corrected chi connectivity index (χ2v) is 5.57. The first kappa shape index (κ1) is 11.6. The third-order valence-electron chi connectivity index (χ3n) is 4.18. The fourth-order valence-corrected chi connectivity index (χ4v) is 2.69. The van der Waals surface area contributed by atoms with Gasteiger partial charge in [0.2, 0.25) is 5.91 Å². The van der Waals surface area contributed by atoms with Crippen molar-refractivity contribution in [3.05, 3.63) is 29.7 Å². The molecule has 18 heavy (non-hydrogen) atoms. The Morgan fingerprint density at radius 1 is 1.50 bits per heavy atom. The smallest absolute Gasteiger partial charge is 0.226 e. The Balaban J connectivity index is 1.77. The average molecular weight is 245 g/mol. The largest absolute Gasteiger partial charge is 0.465 e. The van der Waals surface area contributed by atoms with Crippen molar-refractivity contribution in [1.29, 1.82) is 0 Å². The molecule has 0 unspecified atom stereocenters. The molecule has 2 heterocycles. The molecular formula is C15H19NO2. The number of furan rings is 1. The first-order chi connectivity index (χ1) is 8.66. The van der Waals surface area contributed by atoms with E-state index in [1.54, 1.807) is 6.26 Å². The van der Waals surface area contributed by atoms with Crippen LogP contribution in [0.15, 0.2) is 28.4 Å². The molecule has 0 saturated heterocycles. The molecule has 96 valence electrons. The number of carbonyl (C=O) groups is 1. The molecule has 0 radical (unpaired) electrons. The molecule has 2 aliphatic rings. The number of carbonyl (C=O) groups excluding carboxylic acids is 1. The summed E-state index contributed by atoms with van der Waals surface area (Å²) < 4.78 is 5.47. The van der Waals surface area contributed by atoms with Crippen LogP contribution in [0.5, 0.6) is 0 Å². The molecule has 2 atom stereocenters. The molecule has 3 nitrogen and oxygen atoms in total. The van der Waals surface area contributed by atoms with Gasteiger partial charge in [-0.3, -0.25) is 4.79 Å². The third-order valence-corrected chi connectivity index (χ3v) is 4.18. The van der Waals surface area contributed by atoms with Gasteiger partial charge in [0.25, 0.3) is 0 Å². The molecule has 1 fully saturated rings. The third kappa shape index (κ3) is 1.98. The Morgan fingerprint density at radius 3 is 2.89 bits per heavy atom. The number of amides is 1. The van der Waals surface area contributed by atoms with Crippen LogP contribution in [0.3, 0.4) is 0 Å². The lowest BCUT2D eigenvalue weighted by Crippen LogP contribution is -2.37. The maximum absolute atomic E-state index is 12.3. The molecule has 0 aromatic carbocycles. The molecule has 3 heteroatoms. The summed E-state index contributed by atoms with van der Waals surface area (Å²) in [5, 5.41) is 0. The quantitative estimate of drug-likeness (QED) is 0.802. The highest BCUT2D eigenvalue weighted by molar-refractivity contribution is 5.84. The number of rotatable bonds is 2. The fraction of sp³-hybridized carbons (Fsp3) is 0.533. The molecule has 0 bridgehead atoms. The van der Waals surface area contributed by atoms with Crippen LogP contribution in [0.4, 0.5) is 0 Å². The Hall–Kier alpha value is -1.51. The summed E-state index contributed by atoms with van der Waals surface area (Å²) in [5.74, 6) is 2.10. The van der Waals surface area contributed by atoms with Crippen LogP contribution in [-0.2, 0) is 4.79 Å². The first-order valence-corrected chi connectivity index (χ1v) is 6.68. The van der Waals surface area contributed by atoms with Crippen molar-refractivity contribution < 1.29 is 9.21 Å². The van der Waals surface area contributed by atoms with Crippen LogP contribution < -0.4 is 0 Å². The SMILES string of the molecule is CC1=C(c2ccco2)CN(C(=O)[C@H]2C[C@@H]2C)CC1. The Kier molecular flexibility index (Phi) is 2.77. The molecular weight excluding hydrogens is 226 g/mol. The lowest BCUT2D eigenvalue weighted by atomic mass is 9.99. The predicted octanol–water partition coefficient (Wildman–Crippen LogP) is 2.94. The summed E-state index contributed by atoms with van der Waals surface area (Å²) in [7, 11) is 0. The van der Waals surface area contributed by atoms with Gasteiger partial charge in [-0.05, 0) is 37.8 Å². The highest BCUT2D eigenvalue weighted by atomic mass is 16.3.